The standard InChI is InChI=1S/C12H22N4/c1-3-4-12-8-13-5-6-16(12)10-11-7-14-15(2)9-11/h7,9,12-13H,3-6,8,10H2,1-2H3. The summed E-state index contributed by atoms with van der Waals surface area (Å²) >= 11 is 0. The zero-order valence-electron chi connectivity index (χ0n) is 10.3. The van der Waals surface area contributed by atoms with E-state index >= 15 is 0 Å². The van der Waals surface area contributed by atoms with Crippen LogP contribution in [-0.4, -0.2) is 40.4 Å². The van der Waals surface area contributed by atoms with Gasteiger partial charge in [0.2, 0.25) is 0 Å². The average Bonchev–Trinajstić information content (AvgIpc) is 2.67. The van der Waals surface area contributed by atoms with Crippen LogP contribution in [0.2, 0.25) is 0 Å². The number of piperazine rings is 1. The van der Waals surface area contributed by atoms with Gasteiger partial charge >= 0.3 is 0 Å². The molecule has 1 atom stereocenters. The van der Waals surface area contributed by atoms with Crippen molar-refractivity contribution in [1.29, 1.82) is 0 Å². The van der Waals surface area contributed by atoms with E-state index in [1.54, 1.807) is 0 Å². The number of hydrogen-bond donors (Lipinski definition) is 1. The lowest BCUT2D eigenvalue weighted by Crippen LogP contribution is -2.50. The fraction of sp³-hybridized carbons (Fsp3) is 0.750. The van der Waals surface area contributed by atoms with Crippen LogP contribution in [0, 0.1) is 0 Å². The van der Waals surface area contributed by atoms with Gasteiger partial charge in [-0.1, -0.05) is 13.3 Å². The highest BCUT2D eigenvalue weighted by Gasteiger charge is 2.21. The molecule has 4 heteroatoms. The van der Waals surface area contributed by atoms with Crippen LogP contribution < -0.4 is 5.32 Å². The number of hydrogen-bond acceptors (Lipinski definition) is 3. The van der Waals surface area contributed by atoms with Crippen molar-refractivity contribution in [3.05, 3.63) is 18.0 Å². The molecule has 1 aromatic heterocycles. The third-order valence-electron chi connectivity index (χ3n) is 3.24. The Labute approximate surface area is 97.6 Å². The molecule has 0 amide bonds. The fourth-order valence-corrected chi connectivity index (χ4v) is 2.42. The van der Waals surface area contributed by atoms with Crippen LogP contribution in [0.1, 0.15) is 25.3 Å². The molecule has 1 aliphatic rings. The molecule has 16 heavy (non-hydrogen) atoms. The van der Waals surface area contributed by atoms with Crippen molar-refractivity contribution in [2.45, 2.75) is 32.4 Å². The summed E-state index contributed by atoms with van der Waals surface area (Å²) in [6.07, 6.45) is 6.64. The molecule has 90 valence electrons. The second kappa shape index (κ2) is 5.46. The van der Waals surface area contributed by atoms with Crippen molar-refractivity contribution in [1.82, 2.24) is 20.0 Å². The van der Waals surface area contributed by atoms with E-state index in [2.05, 4.69) is 28.4 Å². The molecule has 1 fully saturated rings. The zero-order valence-corrected chi connectivity index (χ0v) is 10.3. The Hall–Kier alpha value is -0.870. The molecule has 0 saturated carbocycles. The Kier molecular flexibility index (Phi) is 3.96. The van der Waals surface area contributed by atoms with Gasteiger partial charge < -0.3 is 5.32 Å². The molecule has 2 rings (SSSR count). The molecular weight excluding hydrogens is 200 g/mol. The Morgan fingerprint density at radius 3 is 3.12 bits per heavy atom. The lowest BCUT2D eigenvalue weighted by atomic mass is 10.1. The van der Waals surface area contributed by atoms with E-state index in [1.165, 1.54) is 18.4 Å². The van der Waals surface area contributed by atoms with Crippen molar-refractivity contribution in [3.63, 3.8) is 0 Å². The topological polar surface area (TPSA) is 33.1 Å². The van der Waals surface area contributed by atoms with Crippen LogP contribution in [0.5, 0.6) is 0 Å². The molecular formula is C12H22N4. The van der Waals surface area contributed by atoms with E-state index in [4.69, 9.17) is 0 Å². The van der Waals surface area contributed by atoms with Gasteiger partial charge in [-0.05, 0) is 6.42 Å². The van der Waals surface area contributed by atoms with Gasteiger partial charge in [0, 0.05) is 51.0 Å². The predicted molar refractivity (Wildman–Crippen MR) is 65.2 cm³/mol. The van der Waals surface area contributed by atoms with Crippen LogP contribution in [-0.2, 0) is 13.6 Å². The quantitative estimate of drug-likeness (QED) is 0.825. The van der Waals surface area contributed by atoms with Crippen LogP contribution in [0.15, 0.2) is 12.4 Å². The molecule has 1 N–H and O–H groups in total. The summed E-state index contributed by atoms with van der Waals surface area (Å²) in [6, 6.07) is 0.693. The van der Waals surface area contributed by atoms with E-state index in [9.17, 15) is 0 Å². The average molecular weight is 222 g/mol. The molecule has 0 spiro atoms. The largest absolute Gasteiger partial charge is 0.314 e. The first-order valence-corrected chi connectivity index (χ1v) is 6.22. The van der Waals surface area contributed by atoms with Crippen molar-refractivity contribution in [2.24, 2.45) is 7.05 Å². The first-order chi connectivity index (χ1) is 7.79. The third-order valence-corrected chi connectivity index (χ3v) is 3.24. The Morgan fingerprint density at radius 2 is 2.44 bits per heavy atom. The molecule has 0 aliphatic carbocycles. The number of aromatic nitrogens is 2. The first-order valence-electron chi connectivity index (χ1n) is 6.22. The zero-order chi connectivity index (χ0) is 11.4. The minimum Gasteiger partial charge on any atom is -0.314 e. The Morgan fingerprint density at radius 1 is 1.56 bits per heavy atom. The summed E-state index contributed by atoms with van der Waals surface area (Å²) in [5.41, 5.74) is 1.32. The van der Waals surface area contributed by atoms with Gasteiger partial charge in [0.05, 0.1) is 6.20 Å². The number of nitrogens with zero attached hydrogens (tertiary/aromatic N) is 3. The number of aryl methyl sites for hydroxylation is 1. The Bertz CT molecular complexity index is 319. The predicted octanol–water partition coefficient (Wildman–Crippen LogP) is 0.994. The molecule has 1 saturated heterocycles. The highest BCUT2D eigenvalue weighted by Crippen LogP contribution is 2.13. The minimum atomic E-state index is 0.693. The van der Waals surface area contributed by atoms with Gasteiger partial charge in [0.1, 0.15) is 0 Å². The van der Waals surface area contributed by atoms with Crippen LogP contribution in [0.3, 0.4) is 0 Å². The highest BCUT2D eigenvalue weighted by molar-refractivity contribution is 5.04. The molecule has 0 radical (unpaired) electrons. The monoisotopic (exact) mass is 222 g/mol. The normalized spacial score (nSPS) is 22.5. The van der Waals surface area contributed by atoms with Crippen LogP contribution in [0.25, 0.3) is 0 Å². The van der Waals surface area contributed by atoms with E-state index in [0.717, 1.165) is 26.2 Å². The van der Waals surface area contributed by atoms with Crippen molar-refractivity contribution in [3.8, 4) is 0 Å². The summed E-state index contributed by atoms with van der Waals surface area (Å²) in [5, 5.41) is 7.71. The summed E-state index contributed by atoms with van der Waals surface area (Å²) in [4.78, 5) is 2.58. The van der Waals surface area contributed by atoms with E-state index in [-0.39, 0.29) is 0 Å². The van der Waals surface area contributed by atoms with E-state index < -0.39 is 0 Å². The molecule has 1 unspecified atom stereocenters. The van der Waals surface area contributed by atoms with Gasteiger partial charge in [-0.2, -0.15) is 5.10 Å². The highest BCUT2D eigenvalue weighted by atomic mass is 15.3. The summed E-state index contributed by atoms with van der Waals surface area (Å²) in [6.45, 7) is 6.70. The van der Waals surface area contributed by atoms with E-state index in [0.29, 0.717) is 6.04 Å². The molecule has 1 aromatic rings. The maximum Gasteiger partial charge on any atom is 0.0534 e. The molecule has 0 aromatic carbocycles. The van der Waals surface area contributed by atoms with Crippen LogP contribution in [0.4, 0.5) is 0 Å². The maximum atomic E-state index is 4.23. The van der Waals surface area contributed by atoms with Gasteiger partial charge in [-0.15, -0.1) is 0 Å². The molecule has 4 nitrogen and oxygen atoms in total. The lowest BCUT2D eigenvalue weighted by Gasteiger charge is -2.35. The third kappa shape index (κ3) is 2.83. The van der Waals surface area contributed by atoms with Gasteiger partial charge in [0.15, 0.2) is 0 Å². The Balaban J connectivity index is 1.95. The van der Waals surface area contributed by atoms with Gasteiger partial charge in [-0.25, -0.2) is 0 Å². The lowest BCUT2D eigenvalue weighted by molar-refractivity contribution is 0.144. The molecule has 0 bridgehead atoms. The van der Waals surface area contributed by atoms with Gasteiger partial charge in [0.25, 0.3) is 0 Å². The van der Waals surface area contributed by atoms with Crippen molar-refractivity contribution < 1.29 is 0 Å². The van der Waals surface area contributed by atoms with Crippen molar-refractivity contribution >= 4 is 0 Å². The fourth-order valence-electron chi connectivity index (χ4n) is 2.42. The van der Waals surface area contributed by atoms with E-state index in [1.807, 2.05) is 17.9 Å². The SMILES string of the molecule is CCCC1CNCCN1Cc1cnn(C)c1. The smallest absolute Gasteiger partial charge is 0.0534 e. The summed E-state index contributed by atoms with van der Waals surface area (Å²) in [5.74, 6) is 0. The second-order valence-corrected chi connectivity index (χ2v) is 4.64. The second-order valence-electron chi connectivity index (χ2n) is 4.64. The number of nitrogens with one attached hydrogen (secondary N) is 1. The molecule has 2 heterocycles. The number of rotatable bonds is 4. The summed E-state index contributed by atoms with van der Waals surface area (Å²) < 4.78 is 1.88. The maximum absolute atomic E-state index is 4.23. The van der Waals surface area contributed by atoms with Crippen LogP contribution >= 0.6 is 0 Å². The molecule has 1 aliphatic heterocycles. The minimum absolute atomic E-state index is 0.693. The summed E-state index contributed by atoms with van der Waals surface area (Å²) in [7, 11) is 1.98. The van der Waals surface area contributed by atoms with Crippen molar-refractivity contribution in [2.75, 3.05) is 19.6 Å². The first kappa shape index (κ1) is 11.6. The van der Waals surface area contributed by atoms with Gasteiger partial charge in [-0.3, -0.25) is 9.58 Å².